The number of rotatable bonds is 5. The first-order valence-electron chi connectivity index (χ1n) is 6.22. The highest BCUT2D eigenvalue weighted by molar-refractivity contribution is 5.39. The number of benzene rings is 1. The third-order valence-electron chi connectivity index (χ3n) is 2.96. The Kier molecular flexibility index (Phi) is 4.19. The van der Waals surface area contributed by atoms with E-state index >= 15 is 0 Å². The number of hydrogen-bond acceptors (Lipinski definition) is 3. The van der Waals surface area contributed by atoms with Gasteiger partial charge in [-0.05, 0) is 31.5 Å². The summed E-state index contributed by atoms with van der Waals surface area (Å²) in [5.41, 5.74) is 0. The van der Waals surface area contributed by atoms with E-state index in [0.29, 0.717) is 6.04 Å². The van der Waals surface area contributed by atoms with Gasteiger partial charge in [-0.25, -0.2) is 0 Å². The maximum absolute atomic E-state index is 12.2. The van der Waals surface area contributed by atoms with Gasteiger partial charge in [0.1, 0.15) is 6.10 Å². The highest BCUT2D eigenvalue weighted by atomic mass is 19.4. The molecular weight excluding hydrogens is 259 g/mol. The van der Waals surface area contributed by atoms with Crippen LogP contribution in [0.1, 0.15) is 19.8 Å². The first-order chi connectivity index (χ1) is 8.98. The molecule has 1 aliphatic carbocycles. The van der Waals surface area contributed by atoms with Crippen molar-refractivity contribution in [3.63, 3.8) is 0 Å². The van der Waals surface area contributed by atoms with Crippen LogP contribution in [0.4, 0.5) is 13.2 Å². The highest BCUT2D eigenvalue weighted by Gasteiger charge is 2.34. The van der Waals surface area contributed by atoms with Crippen LogP contribution in [-0.2, 0) is 0 Å². The van der Waals surface area contributed by atoms with E-state index in [4.69, 9.17) is 4.74 Å². The number of alkyl halides is 3. The standard InChI is InChI=1S/C13H16F3NO2/c1-2-17-9-7-10(8-9)18-11-5-3-4-6-12(11)19-13(14,15)16/h3-6,9-10,17H,2,7-8H2,1H3. The molecule has 6 heteroatoms. The Morgan fingerprint density at radius 1 is 1.21 bits per heavy atom. The fraction of sp³-hybridized carbons (Fsp3) is 0.538. The van der Waals surface area contributed by atoms with Gasteiger partial charge in [-0.1, -0.05) is 19.1 Å². The number of hydrogen-bond donors (Lipinski definition) is 1. The van der Waals surface area contributed by atoms with Gasteiger partial charge in [0, 0.05) is 6.04 Å². The van der Waals surface area contributed by atoms with E-state index in [2.05, 4.69) is 10.1 Å². The summed E-state index contributed by atoms with van der Waals surface area (Å²) in [5.74, 6) is -0.151. The first kappa shape index (κ1) is 14.0. The molecule has 0 spiro atoms. The molecule has 0 saturated heterocycles. The lowest BCUT2D eigenvalue weighted by Gasteiger charge is -2.36. The van der Waals surface area contributed by atoms with Crippen molar-refractivity contribution in [2.75, 3.05) is 6.54 Å². The van der Waals surface area contributed by atoms with Crippen LogP contribution in [-0.4, -0.2) is 25.1 Å². The SMILES string of the molecule is CCNC1CC(Oc2ccccc2OC(F)(F)F)C1. The second-order valence-corrected chi connectivity index (χ2v) is 4.46. The van der Waals surface area contributed by atoms with Crippen molar-refractivity contribution in [1.82, 2.24) is 5.32 Å². The lowest BCUT2D eigenvalue weighted by Crippen LogP contribution is -2.46. The zero-order chi connectivity index (χ0) is 13.9. The zero-order valence-electron chi connectivity index (χ0n) is 10.5. The van der Waals surface area contributed by atoms with Crippen molar-refractivity contribution < 1.29 is 22.6 Å². The summed E-state index contributed by atoms with van der Waals surface area (Å²) in [7, 11) is 0. The van der Waals surface area contributed by atoms with Crippen molar-refractivity contribution in [1.29, 1.82) is 0 Å². The van der Waals surface area contributed by atoms with Gasteiger partial charge in [0.15, 0.2) is 11.5 Å². The van der Waals surface area contributed by atoms with Crippen molar-refractivity contribution in [3.05, 3.63) is 24.3 Å². The lowest BCUT2D eigenvalue weighted by atomic mass is 9.89. The van der Waals surface area contributed by atoms with Gasteiger partial charge < -0.3 is 14.8 Å². The molecule has 19 heavy (non-hydrogen) atoms. The van der Waals surface area contributed by atoms with Gasteiger partial charge in [-0.3, -0.25) is 0 Å². The molecule has 0 aromatic heterocycles. The third kappa shape index (κ3) is 4.02. The normalized spacial score (nSPS) is 22.7. The lowest BCUT2D eigenvalue weighted by molar-refractivity contribution is -0.275. The van der Waals surface area contributed by atoms with Gasteiger partial charge in [0.05, 0.1) is 0 Å². The molecule has 0 atom stereocenters. The maximum Gasteiger partial charge on any atom is 0.573 e. The van der Waals surface area contributed by atoms with Crippen LogP contribution < -0.4 is 14.8 Å². The Hall–Kier alpha value is -1.43. The van der Waals surface area contributed by atoms with E-state index in [0.717, 1.165) is 19.4 Å². The van der Waals surface area contributed by atoms with E-state index in [-0.39, 0.29) is 17.6 Å². The molecule has 1 saturated carbocycles. The fourth-order valence-corrected chi connectivity index (χ4v) is 2.05. The van der Waals surface area contributed by atoms with Gasteiger partial charge in [0.25, 0.3) is 0 Å². The van der Waals surface area contributed by atoms with Crippen molar-refractivity contribution in [2.24, 2.45) is 0 Å². The first-order valence-corrected chi connectivity index (χ1v) is 6.22. The van der Waals surface area contributed by atoms with Crippen molar-refractivity contribution >= 4 is 0 Å². The van der Waals surface area contributed by atoms with Gasteiger partial charge in [-0.2, -0.15) is 0 Å². The van der Waals surface area contributed by atoms with Gasteiger partial charge >= 0.3 is 6.36 Å². The molecule has 106 valence electrons. The molecule has 0 heterocycles. The molecule has 1 fully saturated rings. The number of ether oxygens (including phenoxy) is 2. The second-order valence-electron chi connectivity index (χ2n) is 4.46. The summed E-state index contributed by atoms with van der Waals surface area (Å²) in [5, 5.41) is 3.26. The Balaban J connectivity index is 1.94. The van der Waals surface area contributed by atoms with Crippen LogP contribution in [0, 0.1) is 0 Å². The van der Waals surface area contributed by atoms with Crippen molar-refractivity contribution in [2.45, 2.75) is 38.3 Å². The summed E-state index contributed by atoms with van der Waals surface area (Å²) in [6, 6.07) is 6.24. The average molecular weight is 275 g/mol. The summed E-state index contributed by atoms with van der Waals surface area (Å²) in [6.45, 7) is 2.89. The molecule has 3 nitrogen and oxygen atoms in total. The molecule has 1 aromatic rings. The predicted octanol–water partition coefficient (Wildman–Crippen LogP) is 3.10. The number of halogens is 3. The van der Waals surface area contributed by atoms with Crippen LogP contribution in [0.5, 0.6) is 11.5 Å². The summed E-state index contributed by atoms with van der Waals surface area (Å²) >= 11 is 0. The molecule has 0 amide bonds. The minimum Gasteiger partial charge on any atom is -0.486 e. The molecule has 1 aliphatic rings. The minimum absolute atomic E-state index is 0.0537. The Bertz CT molecular complexity index is 417. The Morgan fingerprint density at radius 3 is 2.42 bits per heavy atom. The average Bonchev–Trinajstić information content (AvgIpc) is 2.26. The quantitative estimate of drug-likeness (QED) is 0.895. The third-order valence-corrected chi connectivity index (χ3v) is 2.96. The molecule has 1 N–H and O–H groups in total. The molecule has 0 unspecified atom stereocenters. The van der Waals surface area contributed by atoms with Crippen LogP contribution >= 0.6 is 0 Å². The highest BCUT2D eigenvalue weighted by Crippen LogP contribution is 2.35. The molecule has 0 aliphatic heterocycles. The van der Waals surface area contributed by atoms with E-state index in [1.165, 1.54) is 18.2 Å². The number of nitrogens with one attached hydrogen (secondary N) is 1. The zero-order valence-corrected chi connectivity index (χ0v) is 10.5. The van der Waals surface area contributed by atoms with Gasteiger partial charge in [-0.15, -0.1) is 13.2 Å². The van der Waals surface area contributed by atoms with Gasteiger partial charge in [0.2, 0.25) is 0 Å². The molecule has 1 aromatic carbocycles. The molecule has 0 radical (unpaired) electrons. The monoisotopic (exact) mass is 275 g/mol. The number of para-hydroxylation sites is 2. The van der Waals surface area contributed by atoms with E-state index in [9.17, 15) is 13.2 Å². The van der Waals surface area contributed by atoms with Crippen molar-refractivity contribution in [3.8, 4) is 11.5 Å². The molecule has 0 bridgehead atoms. The topological polar surface area (TPSA) is 30.5 Å². The fourth-order valence-electron chi connectivity index (χ4n) is 2.05. The van der Waals surface area contributed by atoms with Crippen LogP contribution in [0.2, 0.25) is 0 Å². The van der Waals surface area contributed by atoms with Crippen LogP contribution in [0.25, 0.3) is 0 Å². The molecule has 2 rings (SSSR count). The predicted molar refractivity (Wildman–Crippen MR) is 64.2 cm³/mol. The largest absolute Gasteiger partial charge is 0.573 e. The van der Waals surface area contributed by atoms with Crippen LogP contribution in [0.3, 0.4) is 0 Å². The smallest absolute Gasteiger partial charge is 0.486 e. The Labute approximate surface area is 109 Å². The maximum atomic E-state index is 12.2. The summed E-state index contributed by atoms with van der Waals surface area (Å²) in [6.07, 6.45) is -3.16. The molecular formula is C13H16F3NO2. The second kappa shape index (κ2) is 5.69. The van der Waals surface area contributed by atoms with Crippen LogP contribution in [0.15, 0.2) is 24.3 Å². The van der Waals surface area contributed by atoms with E-state index < -0.39 is 6.36 Å². The van der Waals surface area contributed by atoms with E-state index in [1.54, 1.807) is 6.07 Å². The summed E-state index contributed by atoms with van der Waals surface area (Å²) in [4.78, 5) is 0. The summed E-state index contributed by atoms with van der Waals surface area (Å²) < 4.78 is 46.2. The minimum atomic E-state index is -4.70. The Morgan fingerprint density at radius 2 is 1.84 bits per heavy atom. The van der Waals surface area contributed by atoms with E-state index in [1.807, 2.05) is 6.92 Å².